The van der Waals surface area contributed by atoms with Crippen LogP contribution in [0.2, 0.25) is 0 Å². The molecule has 4 nitrogen and oxygen atoms in total. The topological polar surface area (TPSA) is 39.1 Å². The molecule has 1 N–H and O–H groups in total. The SMILES string of the molecule is Oc1c(C=NN(c2ccccc2)c2ccccc2)cc2c3c1CCCN3CCC2. The van der Waals surface area contributed by atoms with E-state index in [2.05, 4.69) is 11.0 Å². The van der Waals surface area contributed by atoms with Crippen molar-refractivity contribution in [2.45, 2.75) is 25.7 Å². The highest BCUT2D eigenvalue weighted by Gasteiger charge is 2.27. The molecule has 3 aromatic rings. The molecule has 5 rings (SSSR count). The zero-order valence-corrected chi connectivity index (χ0v) is 16.5. The van der Waals surface area contributed by atoms with Crippen LogP contribution in [-0.2, 0) is 12.8 Å². The first-order valence-electron chi connectivity index (χ1n) is 10.4. The molecule has 0 aliphatic carbocycles. The maximum Gasteiger partial charge on any atom is 0.129 e. The fraction of sp³-hybridized carbons (Fsp3) is 0.240. The number of aromatic hydroxyl groups is 1. The van der Waals surface area contributed by atoms with E-state index in [0.717, 1.165) is 54.9 Å². The molecular formula is C25H25N3O. The van der Waals surface area contributed by atoms with Crippen LogP contribution in [0.15, 0.2) is 71.8 Å². The highest BCUT2D eigenvalue weighted by atomic mass is 16.3. The molecule has 3 aromatic carbocycles. The van der Waals surface area contributed by atoms with Crippen LogP contribution in [0.1, 0.15) is 29.5 Å². The molecule has 0 unspecified atom stereocenters. The Morgan fingerprint density at radius 2 is 1.48 bits per heavy atom. The lowest BCUT2D eigenvalue weighted by Gasteiger charge is -2.37. The van der Waals surface area contributed by atoms with Gasteiger partial charge in [0.1, 0.15) is 5.75 Å². The zero-order valence-electron chi connectivity index (χ0n) is 16.5. The van der Waals surface area contributed by atoms with Gasteiger partial charge in [0, 0.05) is 29.9 Å². The summed E-state index contributed by atoms with van der Waals surface area (Å²) in [6, 6.07) is 22.3. The van der Waals surface area contributed by atoms with Gasteiger partial charge in [-0.15, -0.1) is 0 Å². The Morgan fingerprint density at radius 1 is 0.862 bits per heavy atom. The zero-order chi connectivity index (χ0) is 19.6. The molecule has 0 saturated carbocycles. The second-order valence-electron chi connectivity index (χ2n) is 7.72. The molecule has 0 fully saturated rings. The molecule has 2 aliphatic heterocycles. The van der Waals surface area contributed by atoms with Gasteiger partial charge in [0.05, 0.1) is 17.6 Å². The molecule has 0 atom stereocenters. The van der Waals surface area contributed by atoms with Crippen LogP contribution in [0, 0.1) is 0 Å². The second-order valence-corrected chi connectivity index (χ2v) is 7.72. The highest BCUT2D eigenvalue weighted by molar-refractivity contribution is 5.89. The number of hydrazone groups is 1. The van der Waals surface area contributed by atoms with E-state index in [1.54, 1.807) is 6.21 Å². The minimum absolute atomic E-state index is 0.389. The molecule has 0 aromatic heterocycles. The number of anilines is 3. The predicted octanol–water partition coefficient (Wildman–Crippen LogP) is 5.26. The molecule has 0 amide bonds. The summed E-state index contributed by atoms with van der Waals surface area (Å²) in [6.45, 7) is 2.20. The quantitative estimate of drug-likeness (QED) is 0.493. The Labute approximate surface area is 171 Å². The van der Waals surface area contributed by atoms with Gasteiger partial charge in [0.2, 0.25) is 0 Å². The fourth-order valence-corrected chi connectivity index (χ4v) is 4.51. The third-order valence-corrected chi connectivity index (χ3v) is 5.84. The van der Waals surface area contributed by atoms with Crippen molar-refractivity contribution in [2.75, 3.05) is 23.0 Å². The van der Waals surface area contributed by atoms with E-state index in [0.29, 0.717) is 5.75 Å². The molecule has 2 aliphatic rings. The summed E-state index contributed by atoms with van der Waals surface area (Å²) in [5.74, 6) is 0.389. The normalized spacial score (nSPS) is 15.4. The Bertz CT molecular complexity index is 989. The molecule has 2 heterocycles. The van der Waals surface area contributed by atoms with Crippen LogP contribution >= 0.6 is 0 Å². The third kappa shape index (κ3) is 3.35. The summed E-state index contributed by atoms with van der Waals surface area (Å²) in [4.78, 5) is 2.44. The van der Waals surface area contributed by atoms with Gasteiger partial charge < -0.3 is 10.0 Å². The molecule has 0 saturated heterocycles. The molecule has 0 bridgehead atoms. The van der Waals surface area contributed by atoms with Crippen molar-refractivity contribution in [3.63, 3.8) is 0 Å². The number of aryl methyl sites for hydroxylation is 1. The average Bonchev–Trinajstić information content (AvgIpc) is 2.78. The molecule has 4 heteroatoms. The van der Waals surface area contributed by atoms with E-state index in [9.17, 15) is 5.11 Å². The van der Waals surface area contributed by atoms with Crippen molar-refractivity contribution in [1.82, 2.24) is 0 Å². The van der Waals surface area contributed by atoms with Crippen LogP contribution in [0.5, 0.6) is 5.75 Å². The molecular weight excluding hydrogens is 358 g/mol. The lowest BCUT2D eigenvalue weighted by Crippen LogP contribution is -2.34. The van der Waals surface area contributed by atoms with Gasteiger partial charge in [-0.3, -0.25) is 0 Å². The van der Waals surface area contributed by atoms with Gasteiger partial charge >= 0.3 is 0 Å². The van der Waals surface area contributed by atoms with E-state index in [1.165, 1.54) is 17.7 Å². The lowest BCUT2D eigenvalue weighted by atomic mass is 9.89. The predicted molar refractivity (Wildman–Crippen MR) is 120 cm³/mol. The Kier molecular flexibility index (Phi) is 4.68. The van der Waals surface area contributed by atoms with Gasteiger partial charge in [-0.25, -0.2) is 5.01 Å². The first-order valence-corrected chi connectivity index (χ1v) is 10.4. The Balaban J connectivity index is 1.56. The van der Waals surface area contributed by atoms with Crippen molar-refractivity contribution in [3.8, 4) is 5.75 Å². The highest BCUT2D eigenvalue weighted by Crippen LogP contribution is 2.41. The number of para-hydroxylation sites is 2. The van der Waals surface area contributed by atoms with Crippen molar-refractivity contribution in [3.05, 3.63) is 83.4 Å². The van der Waals surface area contributed by atoms with E-state index in [4.69, 9.17) is 5.10 Å². The van der Waals surface area contributed by atoms with E-state index in [1.807, 2.05) is 65.7 Å². The van der Waals surface area contributed by atoms with Gasteiger partial charge in [-0.1, -0.05) is 36.4 Å². The number of benzene rings is 3. The minimum atomic E-state index is 0.389. The van der Waals surface area contributed by atoms with Crippen LogP contribution in [0.25, 0.3) is 0 Å². The minimum Gasteiger partial charge on any atom is -0.507 e. The number of phenolic OH excluding ortho intramolecular Hbond substituents is 1. The summed E-state index contributed by atoms with van der Waals surface area (Å²) in [5.41, 5.74) is 6.50. The average molecular weight is 383 g/mol. The van der Waals surface area contributed by atoms with E-state index < -0.39 is 0 Å². The summed E-state index contributed by atoms with van der Waals surface area (Å²) in [5, 5.41) is 17.7. The third-order valence-electron chi connectivity index (χ3n) is 5.84. The maximum atomic E-state index is 11.0. The van der Waals surface area contributed by atoms with Crippen molar-refractivity contribution < 1.29 is 5.11 Å². The standard InChI is InChI=1S/C25H25N3O/c29-25-20(17-19-9-7-15-27-16-8-14-23(25)24(19)27)18-26-28(21-10-3-1-4-11-21)22-12-5-2-6-13-22/h1-6,10-13,17-18,29H,7-9,14-16H2. The van der Waals surface area contributed by atoms with Crippen LogP contribution < -0.4 is 9.91 Å². The summed E-state index contributed by atoms with van der Waals surface area (Å²) in [7, 11) is 0. The second kappa shape index (κ2) is 7.63. The Morgan fingerprint density at radius 3 is 2.14 bits per heavy atom. The largest absolute Gasteiger partial charge is 0.507 e. The first kappa shape index (κ1) is 17.8. The monoisotopic (exact) mass is 383 g/mol. The van der Waals surface area contributed by atoms with Crippen LogP contribution in [0.3, 0.4) is 0 Å². The summed E-state index contributed by atoms with van der Waals surface area (Å²) >= 11 is 0. The Hall–Kier alpha value is -3.27. The smallest absolute Gasteiger partial charge is 0.129 e. The first-order chi connectivity index (χ1) is 14.3. The number of phenols is 1. The molecule has 0 spiro atoms. The van der Waals surface area contributed by atoms with Crippen LogP contribution in [0.4, 0.5) is 17.1 Å². The molecule has 29 heavy (non-hydrogen) atoms. The lowest BCUT2D eigenvalue weighted by molar-refractivity contribution is 0.461. The van der Waals surface area contributed by atoms with Crippen molar-refractivity contribution >= 4 is 23.3 Å². The van der Waals surface area contributed by atoms with E-state index >= 15 is 0 Å². The summed E-state index contributed by atoms with van der Waals surface area (Å²) < 4.78 is 0. The van der Waals surface area contributed by atoms with E-state index in [-0.39, 0.29) is 0 Å². The van der Waals surface area contributed by atoms with Crippen molar-refractivity contribution in [2.24, 2.45) is 5.10 Å². The van der Waals surface area contributed by atoms with Gasteiger partial charge in [-0.05, 0) is 61.6 Å². The van der Waals surface area contributed by atoms with Crippen LogP contribution in [-0.4, -0.2) is 24.4 Å². The summed E-state index contributed by atoms with van der Waals surface area (Å²) in [6.07, 6.45) is 6.09. The molecule has 0 radical (unpaired) electrons. The fourth-order valence-electron chi connectivity index (χ4n) is 4.51. The maximum absolute atomic E-state index is 11.0. The number of rotatable bonds is 4. The number of hydrogen-bond acceptors (Lipinski definition) is 4. The van der Waals surface area contributed by atoms with Gasteiger partial charge in [0.15, 0.2) is 0 Å². The van der Waals surface area contributed by atoms with Gasteiger partial charge in [-0.2, -0.15) is 5.10 Å². The van der Waals surface area contributed by atoms with Gasteiger partial charge in [0.25, 0.3) is 0 Å². The van der Waals surface area contributed by atoms with Crippen molar-refractivity contribution in [1.29, 1.82) is 0 Å². The molecule has 146 valence electrons. The number of nitrogens with zero attached hydrogens (tertiary/aromatic N) is 3. The number of hydrogen-bond donors (Lipinski definition) is 1.